The van der Waals surface area contributed by atoms with E-state index in [-0.39, 0.29) is 18.4 Å². The highest BCUT2D eigenvalue weighted by molar-refractivity contribution is 5.90. The van der Waals surface area contributed by atoms with Gasteiger partial charge in [0, 0.05) is 5.69 Å². The highest BCUT2D eigenvalue weighted by Crippen LogP contribution is 2.18. The maximum Gasteiger partial charge on any atom is 0.335 e. The second-order valence-corrected chi connectivity index (χ2v) is 3.38. The third-order valence-electron chi connectivity index (χ3n) is 2.10. The molecule has 2 amide bonds. The van der Waals surface area contributed by atoms with Crippen molar-refractivity contribution < 1.29 is 9.63 Å². The van der Waals surface area contributed by atoms with Crippen molar-refractivity contribution in [2.45, 2.75) is 20.8 Å². The Balaban J connectivity index is 0.00000256. The number of rotatable bonds is 4. The van der Waals surface area contributed by atoms with Gasteiger partial charge in [-0.3, -0.25) is 4.84 Å². The minimum atomic E-state index is -0.356. The molecule has 1 rings (SSSR count). The molecule has 0 spiro atoms. The first-order chi connectivity index (χ1) is 7.65. The summed E-state index contributed by atoms with van der Waals surface area (Å²) in [4.78, 5) is 16.2. The molecule has 0 saturated carbocycles. The summed E-state index contributed by atoms with van der Waals surface area (Å²) in [7, 11) is 0. The molecular formula is C11H18ClN3O2. The summed E-state index contributed by atoms with van der Waals surface area (Å²) in [5.74, 6) is 0. The van der Waals surface area contributed by atoms with Crippen molar-refractivity contribution in [1.82, 2.24) is 11.0 Å². The van der Waals surface area contributed by atoms with Gasteiger partial charge in [0.05, 0.1) is 6.61 Å². The Hall–Kier alpha value is -1.30. The summed E-state index contributed by atoms with van der Waals surface area (Å²) < 4.78 is 0. The van der Waals surface area contributed by atoms with Crippen LogP contribution in [-0.2, 0) is 4.84 Å². The van der Waals surface area contributed by atoms with E-state index >= 15 is 0 Å². The zero-order valence-electron chi connectivity index (χ0n) is 10.2. The van der Waals surface area contributed by atoms with E-state index in [4.69, 9.17) is 4.84 Å². The molecule has 0 unspecified atom stereocenters. The van der Waals surface area contributed by atoms with Crippen LogP contribution in [0.5, 0.6) is 0 Å². The van der Waals surface area contributed by atoms with Crippen LogP contribution in [0, 0.1) is 13.8 Å². The van der Waals surface area contributed by atoms with E-state index in [0.717, 1.165) is 16.8 Å². The topological polar surface area (TPSA) is 62.4 Å². The van der Waals surface area contributed by atoms with Gasteiger partial charge in [0.1, 0.15) is 0 Å². The Bertz CT molecular complexity index is 351. The first-order valence-corrected chi connectivity index (χ1v) is 5.15. The molecule has 6 heteroatoms. The molecule has 0 aliphatic rings. The maximum absolute atomic E-state index is 11.4. The van der Waals surface area contributed by atoms with Gasteiger partial charge in [-0.15, -0.1) is 18.0 Å². The van der Waals surface area contributed by atoms with Gasteiger partial charge in [0.15, 0.2) is 0 Å². The largest absolute Gasteiger partial charge is 0.335 e. The van der Waals surface area contributed by atoms with Crippen LogP contribution in [-0.4, -0.2) is 12.6 Å². The van der Waals surface area contributed by atoms with Gasteiger partial charge >= 0.3 is 6.03 Å². The highest BCUT2D eigenvalue weighted by Gasteiger charge is 2.05. The van der Waals surface area contributed by atoms with Crippen LogP contribution in [0.1, 0.15) is 18.1 Å². The summed E-state index contributed by atoms with van der Waals surface area (Å²) >= 11 is 0. The molecule has 0 radical (unpaired) electrons. The van der Waals surface area contributed by atoms with Crippen LogP contribution in [0.3, 0.4) is 0 Å². The number of urea groups is 1. The smallest absolute Gasteiger partial charge is 0.306 e. The number of carbonyl (C=O) groups excluding carboxylic acids is 1. The minimum Gasteiger partial charge on any atom is -0.306 e. The Morgan fingerprint density at radius 1 is 1.29 bits per heavy atom. The molecule has 0 saturated heterocycles. The summed E-state index contributed by atoms with van der Waals surface area (Å²) in [6, 6.07) is 5.48. The number of anilines is 1. The number of hydrazine groups is 1. The van der Waals surface area contributed by atoms with Crippen LogP contribution in [0.4, 0.5) is 10.5 Å². The molecule has 1 aromatic rings. The number of hydrogen-bond donors (Lipinski definition) is 3. The second kappa shape index (κ2) is 7.89. The lowest BCUT2D eigenvalue weighted by molar-refractivity contribution is 0.0294. The average molecular weight is 260 g/mol. The van der Waals surface area contributed by atoms with Crippen molar-refractivity contribution in [3.8, 4) is 0 Å². The van der Waals surface area contributed by atoms with Crippen molar-refractivity contribution in [2.75, 3.05) is 11.9 Å². The number of para-hydroxylation sites is 1. The quantitative estimate of drug-likeness (QED) is 0.574. The number of hydrogen-bond acceptors (Lipinski definition) is 3. The fourth-order valence-corrected chi connectivity index (χ4v) is 1.31. The number of nitrogens with one attached hydrogen (secondary N) is 3. The summed E-state index contributed by atoms with van der Waals surface area (Å²) in [6.07, 6.45) is 0. The molecule has 0 heterocycles. The predicted octanol–water partition coefficient (Wildman–Crippen LogP) is 2.30. The molecular weight excluding hydrogens is 242 g/mol. The van der Waals surface area contributed by atoms with Gasteiger partial charge in [0.25, 0.3) is 0 Å². The zero-order valence-corrected chi connectivity index (χ0v) is 11.0. The van der Waals surface area contributed by atoms with Crippen LogP contribution in [0.25, 0.3) is 0 Å². The van der Waals surface area contributed by atoms with Gasteiger partial charge in [-0.05, 0) is 31.9 Å². The predicted molar refractivity (Wildman–Crippen MR) is 70.1 cm³/mol. The van der Waals surface area contributed by atoms with Crippen molar-refractivity contribution in [2.24, 2.45) is 0 Å². The van der Waals surface area contributed by atoms with Crippen molar-refractivity contribution >= 4 is 24.1 Å². The molecule has 0 aliphatic carbocycles. The number of aryl methyl sites for hydroxylation is 2. The Morgan fingerprint density at radius 2 is 1.88 bits per heavy atom. The van der Waals surface area contributed by atoms with Crippen LogP contribution >= 0.6 is 12.4 Å². The second-order valence-electron chi connectivity index (χ2n) is 3.38. The number of carbonyl (C=O) groups is 1. The van der Waals surface area contributed by atoms with E-state index in [2.05, 4.69) is 16.3 Å². The lowest BCUT2D eigenvalue weighted by Crippen LogP contribution is -2.40. The molecule has 3 N–H and O–H groups in total. The third-order valence-corrected chi connectivity index (χ3v) is 2.10. The van der Waals surface area contributed by atoms with E-state index in [1.54, 1.807) is 0 Å². The standard InChI is InChI=1S/C11H17N3O2.ClH/c1-4-16-14-13-11(15)12-10-8(2)6-5-7-9(10)3;/h5-7,14H,4H2,1-3H3,(H2,12,13,15);1H. The van der Waals surface area contributed by atoms with Crippen LogP contribution in [0.15, 0.2) is 18.2 Å². The van der Waals surface area contributed by atoms with Crippen LogP contribution < -0.4 is 16.3 Å². The molecule has 17 heavy (non-hydrogen) atoms. The molecule has 0 aromatic heterocycles. The normalized spacial score (nSPS) is 9.35. The first-order valence-electron chi connectivity index (χ1n) is 5.15. The Labute approximate surface area is 107 Å². The average Bonchev–Trinajstić information content (AvgIpc) is 2.24. The number of amides is 2. The Morgan fingerprint density at radius 3 is 2.41 bits per heavy atom. The van der Waals surface area contributed by atoms with E-state index in [9.17, 15) is 4.79 Å². The van der Waals surface area contributed by atoms with E-state index in [1.165, 1.54) is 0 Å². The highest BCUT2D eigenvalue weighted by atomic mass is 35.5. The summed E-state index contributed by atoms with van der Waals surface area (Å²) in [5, 5.41) is 2.74. The molecule has 0 fully saturated rings. The van der Waals surface area contributed by atoms with Gasteiger partial charge < -0.3 is 5.32 Å². The Kier molecular flexibility index (Phi) is 7.29. The lowest BCUT2D eigenvalue weighted by Gasteiger charge is -2.12. The van der Waals surface area contributed by atoms with Crippen molar-refractivity contribution in [3.05, 3.63) is 29.3 Å². The van der Waals surface area contributed by atoms with Gasteiger partial charge in [-0.1, -0.05) is 18.2 Å². The molecule has 0 bridgehead atoms. The van der Waals surface area contributed by atoms with E-state index < -0.39 is 0 Å². The maximum atomic E-state index is 11.4. The monoisotopic (exact) mass is 259 g/mol. The fraction of sp³-hybridized carbons (Fsp3) is 0.364. The van der Waals surface area contributed by atoms with Crippen LogP contribution in [0.2, 0.25) is 0 Å². The molecule has 5 nitrogen and oxygen atoms in total. The lowest BCUT2D eigenvalue weighted by atomic mass is 10.1. The minimum absolute atomic E-state index is 0. The van der Waals surface area contributed by atoms with Crippen molar-refractivity contribution in [3.63, 3.8) is 0 Å². The summed E-state index contributed by atoms with van der Waals surface area (Å²) in [6.45, 7) is 6.18. The van der Waals surface area contributed by atoms with Gasteiger partial charge in [-0.2, -0.15) is 0 Å². The van der Waals surface area contributed by atoms with Gasteiger partial charge in [-0.25, -0.2) is 10.2 Å². The fourth-order valence-electron chi connectivity index (χ4n) is 1.31. The molecule has 96 valence electrons. The number of halogens is 1. The van der Waals surface area contributed by atoms with E-state index in [1.807, 2.05) is 39.0 Å². The molecule has 1 aromatic carbocycles. The van der Waals surface area contributed by atoms with Gasteiger partial charge in [0.2, 0.25) is 0 Å². The van der Waals surface area contributed by atoms with Crippen molar-refractivity contribution in [1.29, 1.82) is 0 Å². The SMILES string of the molecule is CCONNC(=O)Nc1c(C)cccc1C.Cl. The summed E-state index contributed by atoms with van der Waals surface area (Å²) in [5.41, 5.74) is 7.55. The molecule has 0 aliphatic heterocycles. The van der Waals surface area contributed by atoms with E-state index in [0.29, 0.717) is 6.61 Å². The third kappa shape index (κ3) is 5.04. The first kappa shape index (κ1) is 15.7. The zero-order chi connectivity index (χ0) is 12.0. The molecule has 0 atom stereocenters. The number of benzene rings is 1.